The number of imidazole rings is 1. The molecule has 0 aliphatic carbocycles. The largest absolute Gasteiger partial charge is 0.493 e. The standard InChI is InChI=1S/C21H27N3O5S/c1-23-13-18(22-14-23)30(25,26)24-10-8-21(9-11-24)16-6-4-12-28-19(16)15-5-3-7-17(27-2)20(15)29-21/h3,5,7,13-14,16,19H,4,6,8-12H2,1-2H3/t16-,19+/m0/s1. The van der Waals surface area contributed by atoms with Crippen LogP contribution in [0, 0.1) is 5.92 Å². The lowest BCUT2D eigenvalue weighted by Crippen LogP contribution is -2.57. The summed E-state index contributed by atoms with van der Waals surface area (Å²) in [5.74, 6) is 1.64. The molecule has 9 heteroatoms. The molecule has 3 aliphatic rings. The van der Waals surface area contributed by atoms with E-state index in [0.29, 0.717) is 31.7 Å². The van der Waals surface area contributed by atoms with Crippen molar-refractivity contribution in [3.63, 3.8) is 0 Å². The van der Waals surface area contributed by atoms with Crippen molar-refractivity contribution in [2.45, 2.75) is 42.4 Å². The first kappa shape index (κ1) is 19.8. The van der Waals surface area contributed by atoms with E-state index < -0.39 is 15.6 Å². The van der Waals surface area contributed by atoms with Gasteiger partial charge in [-0.25, -0.2) is 13.4 Å². The van der Waals surface area contributed by atoms with Gasteiger partial charge >= 0.3 is 0 Å². The van der Waals surface area contributed by atoms with Crippen LogP contribution in [0.5, 0.6) is 11.5 Å². The molecule has 2 atom stereocenters. The van der Waals surface area contributed by atoms with E-state index in [1.165, 1.54) is 10.6 Å². The summed E-state index contributed by atoms with van der Waals surface area (Å²) < 4.78 is 47.7. The highest BCUT2D eigenvalue weighted by Gasteiger charge is 2.54. The van der Waals surface area contributed by atoms with Gasteiger partial charge in [-0.2, -0.15) is 4.31 Å². The van der Waals surface area contributed by atoms with E-state index in [2.05, 4.69) is 4.98 Å². The van der Waals surface area contributed by atoms with E-state index in [4.69, 9.17) is 14.2 Å². The molecular formula is C21H27N3O5S. The normalized spacial score (nSPS) is 25.9. The van der Waals surface area contributed by atoms with Crippen LogP contribution in [0.3, 0.4) is 0 Å². The zero-order valence-electron chi connectivity index (χ0n) is 17.3. The van der Waals surface area contributed by atoms with Crippen LogP contribution in [0.25, 0.3) is 0 Å². The van der Waals surface area contributed by atoms with E-state index in [1.54, 1.807) is 24.9 Å². The van der Waals surface area contributed by atoms with Crippen LogP contribution in [0.1, 0.15) is 37.4 Å². The number of sulfonamides is 1. The molecule has 0 unspecified atom stereocenters. The van der Waals surface area contributed by atoms with Crippen LogP contribution < -0.4 is 9.47 Å². The Morgan fingerprint density at radius 2 is 2.07 bits per heavy atom. The maximum atomic E-state index is 13.0. The highest BCUT2D eigenvalue weighted by atomic mass is 32.2. The Kier molecular flexibility index (Phi) is 4.79. The minimum atomic E-state index is -3.61. The summed E-state index contributed by atoms with van der Waals surface area (Å²) in [6.45, 7) is 1.52. The molecule has 162 valence electrons. The molecule has 2 aromatic rings. The number of ether oxygens (including phenoxy) is 3. The number of rotatable bonds is 3. The van der Waals surface area contributed by atoms with Crippen molar-refractivity contribution in [3.05, 3.63) is 36.3 Å². The van der Waals surface area contributed by atoms with Crippen LogP contribution in [0.15, 0.2) is 35.7 Å². The molecule has 30 heavy (non-hydrogen) atoms. The molecule has 3 aliphatic heterocycles. The molecule has 1 aromatic carbocycles. The van der Waals surface area contributed by atoms with Gasteiger partial charge in [-0.3, -0.25) is 0 Å². The van der Waals surface area contributed by atoms with Gasteiger partial charge in [0.2, 0.25) is 0 Å². The molecule has 0 bridgehead atoms. The SMILES string of the molecule is COc1cccc2c1OC1(CCN(S(=O)(=O)c3cn(C)cn3)CC1)[C@H]1CCCO[C@H]21. The maximum Gasteiger partial charge on any atom is 0.262 e. The van der Waals surface area contributed by atoms with Crippen molar-refractivity contribution in [1.29, 1.82) is 0 Å². The van der Waals surface area contributed by atoms with Gasteiger partial charge in [0.05, 0.1) is 19.5 Å². The van der Waals surface area contributed by atoms with Crippen LogP contribution in [0.2, 0.25) is 0 Å². The molecule has 1 spiro atoms. The molecule has 2 saturated heterocycles. The van der Waals surface area contributed by atoms with Crippen LogP contribution in [-0.2, 0) is 21.8 Å². The Hall–Kier alpha value is -2.10. The van der Waals surface area contributed by atoms with Gasteiger partial charge in [0.1, 0.15) is 5.60 Å². The number of aryl methyl sites for hydroxylation is 1. The van der Waals surface area contributed by atoms with Gasteiger partial charge in [0.15, 0.2) is 16.5 Å². The number of benzene rings is 1. The molecule has 0 N–H and O–H groups in total. The zero-order valence-corrected chi connectivity index (χ0v) is 18.1. The van der Waals surface area contributed by atoms with Crippen molar-refractivity contribution in [3.8, 4) is 11.5 Å². The van der Waals surface area contributed by atoms with Crippen LogP contribution >= 0.6 is 0 Å². The van der Waals surface area contributed by atoms with E-state index in [-0.39, 0.29) is 17.0 Å². The first-order valence-electron chi connectivity index (χ1n) is 10.4. The van der Waals surface area contributed by atoms with Crippen LogP contribution in [-0.4, -0.2) is 54.7 Å². The topological polar surface area (TPSA) is 82.9 Å². The molecule has 4 heterocycles. The lowest BCUT2D eigenvalue weighted by molar-refractivity contribution is -0.146. The third kappa shape index (κ3) is 3.02. The molecule has 0 radical (unpaired) electrons. The number of hydrogen-bond acceptors (Lipinski definition) is 6. The number of hydrogen-bond donors (Lipinski definition) is 0. The third-order valence-electron chi connectivity index (χ3n) is 6.69. The molecule has 8 nitrogen and oxygen atoms in total. The Bertz CT molecular complexity index is 1040. The first-order valence-corrected chi connectivity index (χ1v) is 11.8. The summed E-state index contributed by atoms with van der Waals surface area (Å²) in [5, 5.41) is 0.0939. The minimum absolute atomic E-state index is 0.0449. The lowest BCUT2D eigenvalue weighted by atomic mass is 9.70. The van der Waals surface area contributed by atoms with Crippen molar-refractivity contribution >= 4 is 10.0 Å². The van der Waals surface area contributed by atoms with E-state index in [9.17, 15) is 8.42 Å². The smallest absolute Gasteiger partial charge is 0.262 e. The summed E-state index contributed by atoms with van der Waals surface area (Å²) in [7, 11) is -0.204. The van der Waals surface area contributed by atoms with E-state index in [0.717, 1.165) is 30.8 Å². The fourth-order valence-electron chi connectivity index (χ4n) is 5.16. The number of methoxy groups -OCH3 is 1. The molecule has 5 rings (SSSR count). The lowest BCUT2D eigenvalue weighted by Gasteiger charge is -2.53. The van der Waals surface area contributed by atoms with Gasteiger partial charge in [-0.05, 0) is 18.9 Å². The van der Waals surface area contributed by atoms with E-state index in [1.807, 2.05) is 18.2 Å². The summed E-state index contributed by atoms with van der Waals surface area (Å²) in [6, 6.07) is 5.92. The summed E-state index contributed by atoms with van der Waals surface area (Å²) >= 11 is 0. The summed E-state index contributed by atoms with van der Waals surface area (Å²) in [5.41, 5.74) is 0.580. The van der Waals surface area contributed by atoms with Gasteiger partial charge < -0.3 is 18.8 Å². The highest BCUT2D eigenvalue weighted by Crippen LogP contribution is 2.55. The molecule has 0 amide bonds. The van der Waals surface area contributed by atoms with Gasteiger partial charge in [-0.15, -0.1) is 0 Å². The number of piperidine rings is 1. The average Bonchev–Trinajstić information content (AvgIpc) is 3.21. The second-order valence-electron chi connectivity index (χ2n) is 8.37. The number of aromatic nitrogens is 2. The van der Waals surface area contributed by atoms with Crippen LogP contribution in [0.4, 0.5) is 0 Å². The van der Waals surface area contributed by atoms with E-state index >= 15 is 0 Å². The molecule has 2 fully saturated rings. The van der Waals surface area contributed by atoms with Crippen molar-refractivity contribution in [2.75, 3.05) is 26.8 Å². The second kappa shape index (κ2) is 7.25. The number of nitrogens with zero attached hydrogens (tertiary/aromatic N) is 3. The van der Waals surface area contributed by atoms with Gasteiger partial charge in [0.25, 0.3) is 10.0 Å². The minimum Gasteiger partial charge on any atom is -0.493 e. The van der Waals surface area contributed by atoms with Gasteiger partial charge in [-0.1, -0.05) is 12.1 Å². The number of para-hydroxylation sites is 1. The highest BCUT2D eigenvalue weighted by molar-refractivity contribution is 7.89. The molecular weight excluding hydrogens is 406 g/mol. The predicted octanol–water partition coefficient (Wildman–Crippen LogP) is 2.51. The predicted molar refractivity (Wildman–Crippen MR) is 109 cm³/mol. The van der Waals surface area contributed by atoms with Crippen molar-refractivity contribution < 1.29 is 22.6 Å². The second-order valence-corrected chi connectivity index (χ2v) is 10.3. The zero-order chi connectivity index (χ0) is 20.9. The fourth-order valence-corrected chi connectivity index (χ4v) is 6.57. The Balaban J connectivity index is 1.45. The monoisotopic (exact) mass is 433 g/mol. The molecule has 0 saturated carbocycles. The number of fused-ring (bicyclic) bond motifs is 4. The maximum absolute atomic E-state index is 13.0. The summed E-state index contributed by atoms with van der Waals surface area (Å²) in [6.07, 6.45) is 6.23. The fraction of sp³-hybridized carbons (Fsp3) is 0.571. The van der Waals surface area contributed by atoms with Crippen molar-refractivity contribution in [2.24, 2.45) is 13.0 Å². The molecule has 1 aromatic heterocycles. The first-order chi connectivity index (χ1) is 14.4. The Labute approximate surface area is 176 Å². The Morgan fingerprint density at radius 1 is 1.27 bits per heavy atom. The average molecular weight is 434 g/mol. The van der Waals surface area contributed by atoms with Gasteiger partial charge in [0, 0.05) is 57.3 Å². The quantitative estimate of drug-likeness (QED) is 0.740. The third-order valence-corrected chi connectivity index (χ3v) is 8.48. The van der Waals surface area contributed by atoms with Crippen molar-refractivity contribution in [1.82, 2.24) is 13.9 Å². The summed E-state index contributed by atoms with van der Waals surface area (Å²) in [4.78, 5) is 4.05. The Morgan fingerprint density at radius 3 is 2.77 bits per heavy atom.